The molecule has 2 aromatic rings. The number of halogens is 2. The second kappa shape index (κ2) is 13.3. The molecule has 12 heteroatoms. The summed E-state index contributed by atoms with van der Waals surface area (Å²) in [4.78, 5) is 48.8. The highest BCUT2D eigenvalue weighted by atomic mass is 19.3. The van der Waals surface area contributed by atoms with Gasteiger partial charge < -0.3 is 25.0 Å². The number of imide groups is 1. The van der Waals surface area contributed by atoms with Gasteiger partial charge in [0.15, 0.2) is 5.81 Å². The molecule has 0 bridgehead atoms. The van der Waals surface area contributed by atoms with Crippen molar-refractivity contribution in [3.63, 3.8) is 0 Å². The van der Waals surface area contributed by atoms with Crippen LogP contribution in [0.5, 0.6) is 5.75 Å². The lowest BCUT2D eigenvalue weighted by molar-refractivity contribution is -0.147. The zero-order valence-electron chi connectivity index (χ0n) is 21.8. The van der Waals surface area contributed by atoms with Crippen LogP contribution in [0, 0.1) is 0 Å². The number of carbonyl (C=O) groups excluding carboxylic acids is 4. The van der Waals surface area contributed by atoms with Crippen LogP contribution in [0.25, 0.3) is 0 Å². The minimum absolute atomic E-state index is 0.0216. The van der Waals surface area contributed by atoms with E-state index in [-0.39, 0.29) is 50.4 Å². The van der Waals surface area contributed by atoms with Crippen LogP contribution in [0.15, 0.2) is 42.5 Å². The monoisotopic (exact) mass is 541 g/mol. The number of hydrogen-bond acceptors (Lipinski definition) is 6. The first-order valence-corrected chi connectivity index (χ1v) is 12.5. The molecule has 0 spiro atoms. The fraction of sp³-hybridized carbons (Fsp3) is 0.407. The molecule has 0 saturated heterocycles. The van der Waals surface area contributed by atoms with Crippen molar-refractivity contribution in [2.24, 2.45) is 0 Å². The molecule has 1 heterocycles. The van der Waals surface area contributed by atoms with E-state index in [0.717, 1.165) is 12.1 Å². The molecule has 3 rings (SSSR count). The standard InChI is InChI=1S/C27H30BF2N3O6/c1-17(2)38-11-12-39-21-6-3-5-20(14-21)27(29,30)25(36)31-15-18-8-9-22-19(13-18)16-33(24(22)35)10-4-7-23(34)32-26(28)37/h3,5-6,8-9,13-14,17H,4,7,10-12,15-16H2,1-2H3,(H,31,36)(H,32,34,37). The van der Waals surface area contributed by atoms with Gasteiger partial charge in [-0.05, 0) is 49.6 Å². The summed E-state index contributed by atoms with van der Waals surface area (Å²) in [6.45, 7) is 4.63. The van der Waals surface area contributed by atoms with Crippen LogP contribution in [0.4, 0.5) is 13.6 Å². The van der Waals surface area contributed by atoms with E-state index in [4.69, 9.17) is 17.3 Å². The van der Waals surface area contributed by atoms with Crippen LogP contribution in [-0.2, 0) is 33.3 Å². The number of rotatable bonds is 13. The van der Waals surface area contributed by atoms with E-state index < -0.39 is 29.1 Å². The van der Waals surface area contributed by atoms with Gasteiger partial charge in [0, 0.05) is 37.2 Å². The number of alkyl halides is 2. The predicted molar refractivity (Wildman–Crippen MR) is 138 cm³/mol. The average molecular weight is 541 g/mol. The minimum Gasteiger partial charge on any atom is -0.491 e. The van der Waals surface area contributed by atoms with Crippen LogP contribution in [0.2, 0.25) is 0 Å². The van der Waals surface area contributed by atoms with E-state index in [2.05, 4.69) is 5.32 Å². The third kappa shape index (κ3) is 8.34. The number of nitrogens with one attached hydrogen (secondary N) is 2. The van der Waals surface area contributed by atoms with Crippen molar-refractivity contribution in [1.82, 2.24) is 15.5 Å². The Morgan fingerprint density at radius 3 is 2.62 bits per heavy atom. The van der Waals surface area contributed by atoms with E-state index in [1.807, 2.05) is 19.2 Å². The molecule has 206 valence electrons. The maximum absolute atomic E-state index is 14.9. The van der Waals surface area contributed by atoms with Gasteiger partial charge in [0.05, 0.1) is 12.7 Å². The van der Waals surface area contributed by atoms with E-state index in [1.54, 1.807) is 23.1 Å². The van der Waals surface area contributed by atoms with Crippen molar-refractivity contribution in [1.29, 1.82) is 0 Å². The highest BCUT2D eigenvalue weighted by molar-refractivity contribution is 6.58. The third-order valence-corrected chi connectivity index (χ3v) is 5.88. The lowest BCUT2D eigenvalue weighted by Gasteiger charge is -2.18. The molecule has 2 aromatic carbocycles. The average Bonchev–Trinajstić information content (AvgIpc) is 3.19. The Labute approximate surface area is 226 Å². The second-order valence-corrected chi connectivity index (χ2v) is 9.29. The van der Waals surface area contributed by atoms with Crippen LogP contribution in [0.3, 0.4) is 0 Å². The first-order valence-electron chi connectivity index (χ1n) is 12.5. The lowest BCUT2D eigenvalue weighted by atomic mass is 10.1. The van der Waals surface area contributed by atoms with Gasteiger partial charge in [-0.1, -0.05) is 24.3 Å². The fourth-order valence-corrected chi connectivity index (χ4v) is 4.00. The molecule has 0 fully saturated rings. The van der Waals surface area contributed by atoms with Crippen molar-refractivity contribution in [3.8, 4) is 5.75 Å². The maximum Gasteiger partial charge on any atom is 0.349 e. The molecule has 0 unspecified atom stereocenters. The molecular weight excluding hydrogens is 511 g/mol. The van der Waals surface area contributed by atoms with Crippen LogP contribution in [-0.4, -0.2) is 62.1 Å². The predicted octanol–water partition coefficient (Wildman–Crippen LogP) is 3.04. The van der Waals surface area contributed by atoms with Gasteiger partial charge in [-0.2, -0.15) is 8.78 Å². The van der Waals surface area contributed by atoms with Crippen molar-refractivity contribution in [2.45, 2.75) is 51.8 Å². The van der Waals surface area contributed by atoms with E-state index >= 15 is 0 Å². The van der Waals surface area contributed by atoms with Crippen molar-refractivity contribution in [2.75, 3.05) is 19.8 Å². The summed E-state index contributed by atoms with van der Waals surface area (Å²) in [6, 6.07) is 10.1. The number of nitrogens with zero attached hydrogens (tertiary/aromatic N) is 1. The normalized spacial score (nSPS) is 12.8. The Hall–Kier alpha value is -3.80. The molecule has 2 N–H and O–H groups in total. The minimum atomic E-state index is -3.79. The molecule has 9 nitrogen and oxygen atoms in total. The number of amides is 4. The fourth-order valence-electron chi connectivity index (χ4n) is 4.00. The smallest absolute Gasteiger partial charge is 0.349 e. The largest absolute Gasteiger partial charge is 0.491 e. The number of ether oxygens (including phenoxy) is 2. The number of benzene rings is 2. The Bertz CT molecular complexity index is 1220. The molecule has 0 aliphatic carbocycles. The molecule has 4 amide bonds. The summed E-state index contributed by atoms with van der Waals surface area (Å²) in [7, 11) is 4.90. The summed E-state index contributed by atoms with van der Waals surface area (Å²) in [5.41, 5.74) is 1.21. The summed E-state index contributed by atoms with van der Waals surface area (Å²) in [6.07, 6.45) is 0.374. The number of hydrogen-bond donors (Lipinski definition) is 2. The maximum atomic E-state index is 14.9. The van der Waals surface area contributed by atoms with Crippen LogP contribution in [0.1, 0.15) is 53.7 Å². The highest BCUT2D eigenvalue weighted by Gasteiger charge is 2.41. The summed E-state index contributed by atoms with van der Waals surface area (Å²) < 4.78 is 40.6. The van der Waals surface area contributed by atoms with Gasteiger partial charge >= 0.3 is 5.92 Å². The SMILES string of the molecule is [B]C(=O)NC(=O)CCCN1Cc2cc(CNC(=O)C(F)(F)c3cccc(OCCOC(C)C)c3)ccc2C1=O. The Balaban J connectivity index is 1.54. The lowest BCUT2D eigenvalue weighted by Crippen LogP contribution is -2.37. The Morgan fingerprint density at radius 2 is 1.90 bits per heavy atom. The van der Waals surface area contributed by atoms with E-state index in [1.165, 1.54) is 12.1 Å². The zero-order chi connectivity index (χ0) is 28.6. The molecule has 39 heavy (non-hydrogen) atoms. The Morgan fingerprint density at radius 1 is 1.13 bits per heavy atom. The van der Waals surface area contributed by atoms with Gasteiger partial charge in [0.2, 0.25) is 13.8 Å². The number of fused-ring (bicyclic) bond motifs is 1. The topological polar surface area (TPSA) is 114 Å². The molecule has 1 aliphatic rings. The number of carbonyl (C=O) groups is 4. The highest BCUT2D eigenvalue weighted by Crippen LogP contribution is 2.31. The summed E-state index contributed by atoms with van der Waals surface area (Å²) in [5.74, 6) is -6.74. The Kier molecular flexibility index (Phi) is 10.2. The van der Waals surface area contributed by atoms with Gasteiger partial charge in [-0.15, -0.1) is 0 Å². The van der Waals surface area contributed by atoms with Crippen LogP contribution < -0.4 is 15.4 Å². The molecule has 0 atom stereocenters. The van der Waals surface area contributed by atoms with E-state index in [0.29, 0.717) is 29.7 Å². The van der Waals surface area contributed by atoms with Crippen molar-refractivity contribution in [3.05, 3.63) is 64.7 Å². The molecule has 0 saturated carbocycles. The first-order chi connectivity index (χ1) is 18.5. The van der Waals surface area contributed by atoms with Gasteiger partial charge in [0.25, 0.3) is 11.8 Å². The third-order valence-electron chi connectivity index (χ3n) is 5.88. The zero-order valence-corrected chi connectivity index (χ0v) is 21.8. The van der Waals surface area contributed by atoms with Gasteiger partial charge in [-0.25, -0.2) is 0 Å². The quantitative estimate of drug-likeness (QED) is 0.298. The molecular formula is C27H30BF2N3O6. The van der Waals surface area contributed by atoms with Gasteiger partial charge in [-0.3, -0.25) is 19.2 Å². The van der Waals surface area contributed by atoms with Crippen molar-refractivity contribution < 1.29 is 37.4 Å². The second-order valence-electron chi connectivity index (χ2n) is 9.29. The first kappa shape index (κ1) is 29.8. The van der Waals surface area contributed by atoms with E-state index in [9.17, 15) is 28.0 Å². The molecule has 1 aliphatic heterocycles. The summed E-state index contributed by atoms with van der Waals surface area (Å²) in [5, 5.41) is 4.23. The van der Waals surface area contributed by atoms with Crippen molar-refractivity contribution >= 4 is 31.4 Å². The molecule has 2 radical (unpaired) electrons. The molecule has 0 aromatic heterocycles. The van der Waals surface area contributed by atoms with Gasteiger partial charge in [0.1, 0.15) is 12.4 Å². The van der Waals surface area contributed by atoms with Crippen LogP contribution >= 0.6 is 0 Å². The summed E-state index contributed by atoms with van der Waals surface area (Å²) >= 11 is 0.